The number of hydrogen-bond acceptors (Lipinski definition) is 4. The minimum Gasteiger partial charge on any atom is -0.319 e. The lowest BCUT2D eigenvalue weighted by Crippen LogP contribution is -2.34. The van der Waals surface area contributed by atoms with Crippen LogP contribution in [0.1, 0.15) is 36.8 Å². The molecule has 3 unspecified atom stereocenters. The van der Waals surface area contributed by atoms with E-state index in [9.17, 15) is 4.57 Å². The van der Waals surface area contributed by atoms with Crippen LogP contribution in [0.15, 0.2) is 170 Å². The van der Waals surface area contributed by atoms with Gasteiger partial charge >= 0.3 is 0 Å². The Hall–Kier alpha value is -5.96. The molecular weight excluding hydrogens is 714 g/mol. The molecule has 0 amide bonds. The van der Waals surface area contributed by atoms with Gasteiger partial charge in [0, 0.05) is 27.4 Å². The van der Waals surface area contributed by atoms with Crippen LogP contribution in [0.2, 0.25) is 0 Å². The molecule has 2 fully saturated rings. The van der Waals surface area contributed by atoms with Crippen molar-refractivity contribution in [2.24, 2.45) is 11.8 Å². The molecule has 4 nitrogen and oxygen atoms in total. The van der Waals surface area contributed by atoms with Crippen molar-refractivity contribution in [2.75, 3.05) is 13.3 Å². The Morgan fingerprint density at radius 1 is 0.491 bits per heavy atom. The summed E-state index contributed by atoms with van der Waals surface area (Å²) in [6, 6.07) is 60.2. The van der Waals surface area contributed by atoms with E-state index in [1.54, 1.807) is 0 Å². The fourth-order valence-electron chi connectivity index (χ4n) is 9.89. The van der Waals surface area contributed by atoms with E-state index in [0.29, 0.717) is 23.4 Å². The predicted molar refractivity (Wildman–Crippen MR) is 236 cm³/mol. The van der Waals surface area contributed by atoms with E-state index in [1.807, 2.05) is 43.7 Å². The van der Waals surface area contributed by atoms with Gasteiger partial charge in [0.25, 0.3) is 0 Å². The second kappa shape index (κ2) is 14.2. The maximum Gasteiger partial charge on any atom is 0.164 e. The molecule has 0 spiro atoms. The highest BCUT2D eigenvalue weighted by Gasteiger charge is 2.52. The molecule has 2 aliphatic carbocycles. The molecule has 3 atom stereocenters. The van der Waals surface area contributed by atoms with Gasteiger partial charge in [-0.05, 0) is 94.6 Å². The van der Waals surface area contributed by atoms with Crippen LogP contribution in [0.4, 0.5) is 0 Å². The smallest absolute Gasteiger partial charge is 0.164 e. The van der Waals surface area contributed by atoms with Crippen molar-refractivity contribution in [1.29, 1.82) is 0 Å². The van der Waals surface area contributed by atoms with E-state index >= 15 is 0 Å². The molecule has 0 N–H and O–H groups in total. The second-order valence-electron chi connectivity index (χ2n) is 16.4. The molecule has 0 radical (unpaired) electrons. The Labute approximate surface area is 335 Å². The molecule has 57 heavy (non-hydrogen) atoms. The number of rotatable bonds is 8. The topological polar surface area (TPSA) is 55.7 Å². The van der Waals surface area contributed by atoms with Crippen molar-refractivity contribution >= 4 is 23.2 Å². The first-order chi connectivity index (χ1) is 27.8. The van der Waals surface area contributed by atoms with Gasteiger partial charge in [-0.15, -0.1) is 0 Å². The summed E-state index contributed by atoms with van der Waals surface area (Å²) < 4.78 is 13.2. The summed E-state index contributed by atoms with van der Waals surface area (Å²) in [5.74, 6) is 3.34. The third-order valence-electron chi connectivity index (χ3n) is 12.6. The normalized spacial score (nSPS) is 18.9. The quantitative estimate of drug-likeness (QED) is 0.145. The number of benzene rings is 7. The number of aromatic nitrogens is 3. The zero-order valence-electron chi connectivity index (χ0n) is 32.3. The fraction of sp³-hybridized carbons (Fsp3) is 0.173. The van der Waals surface area contributed by atoms with Crippen molar-refractivity contribution in [2.45, 2.75) is 31.1 Å². The predicted octanol–water partition coefficient (Wildman–Crippen LogP) is 12.7. The van der Waals surface area contributed by atoms with Gasteiger partial charge < -0.3 is 4.57 Å². The van der Waals surface area contributed by atoms with Crippen LogP contribution in [0.5, 0.6) is 0 Å². The average Bonchev–Trinajstić information content (AvgIpc) is 3.89. The summed E-state index contributed by atoms with van der Waals surface area (Å²) in [6.45, 7) is 3.72. The van der Waals surface area contributed by atoms with Gasteiger partial charge in [0.2, 0.25) is 0 Å². The van der Waals surface area contributed by atoms with Gasteiger partial charge in [0.15, 0.2) is 17.5 Å². The molecule has 2 bridgehead atoms. The van der Waals surface area contributed by atoms with Crippen molar-refractivity contribution in [3.63, 3.8) is 0 Å². The van der Waals surface area contributed by atoms with Crippen molar-refractivity contribution in [1.82, 2.24) is 15.0 Å². The third kappa shape index (κ3) is 6.43. The Bertz CT molecular complexity index is 2800. The van der Waals surface area contributed by atoms with Crippen LogP contribution in [-0.2, 0) is 9.98 Å². The monoisotopic (exact) mass is 757 g/mol. The standard InChI is InChI=1S/C52H44N3OP/c1-57(2,56)48-31-30-45(46-18-9-10-19-47(46)48)37-21-26-42(27-22-37)52(34-35-20-25-44(52)32-35)43-28-23-39(24-29-43)50-53-49(38-14-7-4-8-15-38)54-51(55-50)41-17-11-16-40(33-41)36-12-5-3-6-13-36/h3-19,21-24,26-31,33,35,44H,20,25,32,34H2,1-2H3. The van der Waals surface area contributed by atoms with Gasteiger partial charge in [-0.2, -0.15) is 0 Å². The molecular formula is C52H44N3OP. The molecule has 278 valence electrons. The molecule has 1 heterocycles. The van der Waals surface area contributed by atoms with Crippen molar-refractivity contribution < 1.29 is 4.57 Å². The molecule has 10 rings (SSSR count). The highest BCUT2D eigenvalue weighted by atomic mass is 31.2. The molecule has 2 aliphatic rings. The first-order valence-corrected chi connectivity index (χ1v) is 22.7. The van der Waals surface area contributed by atoms with Crippen LogP contribution in [0, 0.1) is 11.8 Å². The lowest BCUT2D eigenvalue weighted by Gasteiger charge is -2.39. The first kappa shape index (κ1) is 35.5. The number of nitrogens with zero attached hydrogens (tertiary/aromatic N) is 3. The van der Waals surface area contributed by atoms with Gasteiger partial charge in [-0.3, -0.25) is 0 Å². The third-order valence-corrected chi connectivity index (χ3v) is 14.1. The molecule has 8 aromatic rings. The van der Waals surface area contributed by atoms with Crippen LogP contribution in [0.25, 0.3) is 67.2 Å². The Morgan fingerprint density at radius 3 is 1.61 bits per heavy atom. The lowest BCUT2D eigenvalue weighted by molar-refractivity contribution is 0.320. The molecule has 2 saturated carbocycles. The van der Waals surface area contributed by atoms with Crippen LogP contribution < -0.4 is 5.30 Å². The minimum atomic E-state index is -2.43. The first-order valence-electron chi connectivity index (χ1n) is 20.1. The zero-order valence-corrected chi connectivity index (χ0v) is 33.2. The van der Waals surface area contributed by atoms with Gasteiger partial charge in [-0.1, -0.05) is 170 Å². The largest absolute Gasteiger partial charge is 0.319 e. The summed E-state index contributed by atoms with van der Waals surface area (Å²) in [5, 5.41) is 3.18. The van der Waals surface area contributed by atoms with E-state index in [2.05, 4.69) is 140 Å². The molecule has 1 aromatic heterocycles. The van der Waals surface area contributed by atoms with Crippen LogP contribution in [-0.4, -0.2) is 28.3 Å². The van der Waals surface area contributed by atoms with E-state index < -0.39 is 7.14 Å². The zero-order chi connectivity index (χ0) is 38.6. The van der Waals surface area contributed by atoms with Gasteiger partial charge in [0.1, 0.15) is 7.14 Å². The molecule has 0 aliphatic heterocycles. The Morgan fingerprint density at radius 2 is 1.02 bits per heavy atom. The van der Waals surface area contributed by atoms with E-state index in [-0.39, 0.29) is 5.41 Å². The van der Waals surface area contributed by atoms with E-state index in [0.717, 1.165) is 49.8 Å². The average molecular weight is 758 g/mol. The van der Waals surface area contributed by atoms with Crippen molar-refractivity contribution in [3.05, 3.63) is 181 Å². The Kier molecular flexibility index (Phi) is 8.84. The highest BCUT2D eigenvalue weighted by Crippen LogP contribution is 2.60. The number of hydrogen-bond donors (Lipinski definition) is 0. The summed E-state index contributed by atoms with van der Waals surface area (Å²) >= 11 is 0. The summed E-state index contributed by atoms with van der Waals surface area (Å²) in [4.78, 5) is 15.2. The maximum atomic E-state index is 13.2. The van der Waals surface area contributed by atoms with Crippen molar-refractivity contribution in [3.8, 4) is 56.4 Å². The van der Waals surface area contributed by atoms with Crippen LogP contribution in [0.3, 0.4) is 0 Å². The summed E-state index contributed by atoms with van der Waals surface area (Å²) in [7, 11) is -2.43. The second-order valence-corrected chi connectivity index (χ2v) is 19.5. The minimum absolute atomic E-state index is 0.0414. The maximum absolute atomic E-state index is 13.2. The van der Waals surface area contributed by atoms with E-state index in [1.165, 1.54) is 47.9 Å². The fourth-order valence-corrected chi connectivity index (χ4v) is 11.1. The van der Waals surface area contributed by atoms with Crippen LogP contribution >= 0.6 is 7.14 Å². The SMILES string of the molecule is CP(C)(=O)c1ccc(-c2ccc(C3(c4ccc(-c5nc(-c6ccccc6)nc(-c6cccc(-c7ccccc7)c6)n5)cc4)CC4CCC3C4)cc2)c2ccccc12. The van der Waals surface area contributed by atoms with E-state index in [4.69, 9.17) is 15.0 Å². The highest BCUT2D eigenvalue weighted by molar-refractivity contribution is 7.70. The summed E-state index contributed by atoms with van der Waals surface area (Å²) in [5.41, 5.74) is 10.3. The lowest BCUT2D eigenvalue weighted by atomic mass is 9.64. The van der Waals surface area contributed by atoms with Gasteiger partial charge in [-0.25, -0.2) is 15.0 Å². The molecule has 0 saturated heterocycles. The number of fused-ring (bicyclic) bond motifs is 3. The molecule has 7 aromatic carbocycles. The molecule has 5 heteroatoms. The van der Waals surface area contributed by atoms with Gasteiger partial charge in [0.05, 0.1) is 0 Å². The Balaban J connectivity index is 1.03. The summed E-state index contributed by atoms with van der Waals surface area (Å²) in [6.07, 6.45) is 5.03.